The van der Waals surface area contributed by atoms with E-state index in [-0.39, 0.29) is 11.7 Å². The third kappa shape index (κ3) is 5.83. The molecule has 0 unspecified atom stereocenters. The molecule has 0 amide bonds. The molecule has 1 aromatic carbocycles. The average molecular weight is 548 g/mol. The van der Waals surface area contributed by atoms with Crippen LogP contribution in [0.25, 0.3) is 11.4 Å². The minimum atomic E-state index is -1.08. The number of rotatable bonds is 10. The summed E-state index contributed by atoms with van der Waals surface area (Å²) >= 11 is 0. The highest BCUT2D eigenvalue weighted by Gasteiger charge is 2.32. The van der Waals surface area contributed by atoms with Crippen molar-refractivity contribution in [2.24, 2.45) is 7.05 Å². The van der Waals surface area contributed by atoms with Crippen molar-refractivity contribution in [2.45, 2.75) is 25.6 Å². The number of halogens is 1. The second-order valence-electron chi connectivity index (χ2n) is 9.40. The summed E-state index contributed by atoms with van der Waals surface area (Å²) in [5, 5.41) is 10.8. The van der Waals surface area contributed by atoms with E-state index in [0.29, 0.717) is 65.2 Å². The Bertz CT molecular complexity index is 1500. The third-order valence-electron chi connectivity index (χ3n) is 6.39. The number of ketones is 1. The Labute approximate surface area is 230 Å². The van der Waals surface area contributed by atoms with E-state index in [1.165, 1.54) is 18.6 Å². The van der Waals surface area contributed by atoms with Gasteiger partial charge >= 0.3 is 0 Å². The molecule has 0 saturated carbocycles. The molecule has 1 fully saturated rings. The fourth-order valence-electron chi connectivity index (χ4n) is 4.43. The van der Waals surface area contributed by atoms with Crippen LogP contribution >= 0.6 is 0 Å². The van der Waals surface area contributed by atoms with Gasteiger partial charge in [-0.2, -0.15) is 5.10 Å². The average Bonchev–Trinajstić information content (AvgIpc) is 3.52. The van der Waals surface area contributed by atoms with Crippen LogP contribution in [0, 0.1) is 0 Å². The summed E-state index contributed by atoms with van der Waals surface area (Å²) in [7, 11) is 5.20. The van der Waals surface area contributed by atoms with Crippen LogP contribution in [0.4, 0.5) is 27.4 Å². The van der Waals surface area contributed by atoms with E-state index in [9.17, 15) is 9.18 Å². The molecule has 4 aromatic rings. The molecule has 13 heteroatoms. The number of alkyl halides is 1. The Morgan fingerprint density at radius 3 is 2.52 bits per heavy atom. The quantitative estimate of drug-likeness (QED) is 0.281. The number of hydrogen-bond acceptors (Lipinski definition) is 11. The summed E-state index contributed by atoms with van der Waals surface area (Å²) in [6.07, 6.45) is 4.68. The van der Waals surface area contributed by atoms with E-state index in [4.69, 9.17) is 9.47 Å². The minimum absolute atomic E-state index is 0.0758. The zero-order chi connectivity index (χ0) is 28.2. The number of nitrogens with zero attached hydrogens (tertiary/aromatic N) is 7. The van der Waals surface area contributed by atoms with E-state index in [1.54, 1.807) is 38.2 Å². The molecule has 1 aliphatic rings. The van der Waals surface area contributed by atoms with Gasteiger partial charge in [-0.05, 0) is 19.2 Å². The smallest absolute Gasteiger partial charge is 0.232 e. The predicted octanol–water partition coefficient (Wildman–Crippen LogP) is 3.79. The third-order valence-corrected chi connectivity index (χ3v) is 6.39. The Balaban J connectivity index is 1.39. The number of ether oxygens (including phenoxy) is 2. The van der Waals surface area contributed by atoms with Crippen LogP contribution in [0.15, 0.2) is 49.2 Å². The fraction of sp³-hybridized carbons (Fsp3) is 0.333. The highest BCUT2D eigenvalue weighted by molar-refractivity contribution is 6.02. The fourth-order valence-corrected chi connectivity index (χ4v) is 4.43. The van der Waals surface area contributed by atoms with Crippen LogP contribution in [0.5, 0.6) is 11.6 Å². The molecular weight excluding hydrogens is 517 g/mol. The molecule has 12 nitrogen and oxygen atoms in total. The first-order valence-electron chi connectivity index (χ1n) is 12.8. The number of carbonyl (C=O) groups is 1. The Morgan fingerprint density at radius 2 is 1.88 bits per heavy atom. The molecule has 4 heterocycles. The van der Waals surface area contributed by atoms with Gasteiger partial charge in [-0.1, -0.05) is 13.0 Å². The van der Waals surface area contributed by atoms with Crippen molar-refractivity contribution < 1.29 is 18.7 Å². The standard InChI is InChI=1S/C27H30FN9O3/c1-5-21(38)17-10-29-23(34-24-11-31-25(12-30-24)40-22-14-36(2)13-18(22)28)9-20(17)33-19-8-6-7-16(26(19)39-4)27-32-15-37(3)35-27/h6-12,15,18,22H,5,13-14H2,1-4H3,(H2,29,30,33,34)/t18-,22-/m0/s1. The number of para-hydroxylation sites is 1. The van der Waals surface area contributed by atoms with Crippen molar-refractivity contribution in [2.75, 3.05) is 37.9 Å². The van der Waals surface area contributed by atoms with Gasteiger partial charge in [0.1, 0.15) is 24.1 Å². The maximum absolute atomic E-state index is 14.1. The zero-order valence-electron chi connectivity index (χ0n) is 22.6. The molecule has 5 rings (SSSR count). The van der Waals surface area contributed by atoms with Gasteiger partial charge in [0.05, 0.1) is 42.0 Å². The summed E-state index contributed by atoms with van der Waals surface area (Å²) in [6, 6.07) is 7.27. The summed E-state index contributed by atoms with van der Waals surface area (Å²) in [4.78, 5) is 31.9. The van der Waals surface area contributed by atoms with Gasteiger partial charge in [-0.25, -0.2) is 24.3 Å². The van der Waals surface area contributed by atoms with Crippen molar-refractivity contribution >= 4 is 28.8 Å². The van der Waals surface area contributed by atoms with E-state index < -0.39 is 12.3 Å². The molecule has 0 aliphatic carbocycles. The van der Waals surface area contributed by atoms with Gasteiger partial charge in [0.2, 0.25) is 5.88 Å². The first-order chi connectivity index (χ1) is 19.3. The van der Waals surface area contributed by atoms with Gasteiger partial charge in [0.15, 0.2) is 23.5 Å². The van der Waals surface area contributed by atoms with Gasteiger partial charge in [-0.15, -0.1) is 0 Å². The molecule has 0 bridgehead atoms. The lowest BCUT2D eigenvalue weighted by Gasteiger charge is -2.17. The number of likely N-dealkylation sites (tertiary alicyclic amines) is 1. The largest absolute Gasteiger partial charge is 0.494 e. The van der Waals surface area contributed by atoms with Crippen molar-refractivity contribution in [1.29, 1.82) is 0 Å². The minimum Gasteiger partial charge on any atom is -0.494 e. The first-order valence-corrected chi connectivity index (χ1v) is 12.8. The number of benzene rings is 1. The SMILES string of the molecule is CCC(=O)c1cnc(Nc2cnc(O[C@H]3CN(C)C[C@@H]3F)cn2)cc1Nc1cccc(-c2ncn(C)n2)c1OC. The van der Waals surface area contributed by atoms with Gasteiger partial charge in [0.25, 0.3) is 0 Å². The summed E-state index contributed by atoms with van der Waals surface area (Å²) in [5.41, 5.74) is 2.28. The second-order valence-corrected chi connectivity index (χ2v) is 9.40. The van der Waals surface area contributed by atoms with Gasteiger partial charge < -0.3 is 20.1 Å². The van der Waals surface area contributed by atoms with Crippen LogP contribution in [0.2, 0.25) is 0 Å². The highest BCUT2D eigenvalue weighted by atomic mass is 19.1. The van der Waals surface area contributed by atoms with Crippen molar-refractivity contribution in [3.8, 4) is 23.0 Å². The van der Waals surface area contributed by atoms with Crippen LogP contribution in [-0.2, 0) is 7.05 Å². The molecule has 0 radical (unpaired) electrons. The number of Topliss-reactive ketones (excluding diaryl/α,β-unsaturated/α-hetero) is 1. The normalized spacial score (nSPS) is 17.0. The lowest BCUT2D eigenvalue weighted by atomic mass is 10.1. The number of aromatic nitrogens is 6. The van der Waals surface area contributed by atoms with Crippen LogP contribution in [-0.4, -0.2) is 79.9 Å². The predicted molar refractivity (Wildman–Crippen MR) is 147 cm³/mol. The number of anilines is 4. The summed E-state index contributed by atoms with van der Waals surface area (Å²) < 4.78 is 27.1. The molecule has 3 aromatic heterocycles. The molecule has 1 saturated heterocycles. The molecule has 40 heavy (non-hydrogen) atoms. The number of methoxy groups -OCH3 is 1. The Hall–Kier alpha value is -4.65. The van der Waals surface area contributed by atoms with E-state index in [1.807, 2.05) is 30.1 Å². The molecular formula is C27H30FN9O3. The first kappa shape index (κ1) is 26.9. The van der Waals surface area contributed by atoms with Crippen molar-refractivity contribution in [3.63, 3.8) is 0 Å². The van der Waals surface area contributed by atoms with Crippen molar-refractivity contribution in [3.05, 3.63) is 54.7 Å². The van der Waals surface area contributed by atoms with Gasteiger partial charge in [0, 0.05) is 38.8 Å². The highest BCUT2D eigenvalue weighted by Crippen LogP contribution is 2.37. The summed E-state index contributed by atoms with van der Waals surface area (Å²) in [5.74, 6) is 2.04. The molecule has 2 atom stereocenters. The maximum Gasteiger partial charge on any atom is 0.232 e. The number of aryl methyl sites for hydroxylation is 1. The number of hydrogen-bond donors (Lipinski definition) is 2. The van der Waals surface area contributed by atoms with Crippen LogP contribution in [0.1, 0.15) is 23.7 Å². The number of nitrogens with one attached hydrogen (secondary N) is 2. The van der Waals surface area contributed by atoms with Crippen molar-refractivity contribution in [1.82, 2.24) is 34.6 Å². The monoisotopic (exact) mass is 547 g/mol. The zero-order valence-corrected chi connectivity index (χ0v) is 22.6. The topological polar surface area (TPSA) is 132 Å². The van der Waals surface area contributed by atoms with E-state index in [0.717, 1.165) is 0 Å². The second kappa shape index (κ2) is 11.6. The molecule has 208 valence electrons. The Morgan fingerprint density at radius 1 is 1.05 bits per heavy atom. The van der Waals surface area contributed by atoms with E-state index >= 15 is 0 Å². The maximum atomic E-state index is 14.1. The number of likely N-dealkylation sites (N-methyl/N-ethyl adjacent to an activating group) is 1. The molecule has 2 N–H and O–H groups in total. The summed E-state index contributed by atoms with van der Waals surface area (Å²) in [6.45, 7) is 2.60. The Kier molecular flexibility index (Phi) is 7.82. The van der Waals surface area contributed by atoms with Crippen LogP contribution in [0.3, 0.4) is 0 Å². The van der Waals surface area contributed by atoms with E-state index in [2.05, 4.69) is 35.7 Å². The lowest BCUT2D eigenvalue weighted by Crippen LogP contribution is -2.27. The molecule has 1 aliphatic heterocycles. The van der Waals surface area contributed by atoms with Gasteiger partial charge in [-0.3, -0.25) is 14.4 Å². The lowest BCUT2D eigenvalue weighted by molar-refractivity contribution is 0.0988. The number of pyridine rings is 1. The molecule has 0 spiro atoms. The number of carbonyl (C=O) groups excluding carboxylic acids is 1. The van der Waals surface area contributed by atoms with Crippen LogP contribution < -0.4 is 20.1 Å².